The van der Waals surface area contributed by atoms with Crippen LogP contribution in [0.1, 0.15) is 78.6 Å². The molecule has 1 aromatic rings. The minimum atomic E-state index is -2.22. The molecule has 1 atom stereocenters. The van der Waals surface area contributed by atoms with Gasteiger partial charge in [0.25, 0.3) is 0 Å². The molecule has 0 aromatic heterocycles. The van der Waals surface area contributed by atoms with Crippen LogP contribution in [0, 0.1) is 0 Å². The van der Waals surface area contributed by atoms with Gasteiger partial charge in [0.05, 0.1) is 0 Å². The number of unbranched alkanes of at least 4 members (excludes halogenated alkanes) is 3. The van der Waals surface area contributed by atoms with E-state index in [1.165, 1.54) is 50.1 Å². The fraction of sp³-hybridized carbons (Fsp3) is 0.720. The number of halogens is 1. The fourth-order valence-corrected chi connectivity index (χ4v) is 27.8. The van der Waals surface area contributed by atoms with Gasteiger partial charge in [-0.05, 0) is 0 Å². The third-order valence-electron chi connectivity index (χ3n) is 6.80. The van der Waals surface area contributed by atoms with Crippen molar-refractivity contribution in [1.82, 2.24) is 0 Å². The van der Waals surface area contributed by atoms with Crippen molar-refractivity contribution >= 4 is 53.0 Å². The van der Waals surface area contributed by atoms with Gasteiger partial charge in [-0.3, -0.25) is 0 Å². The summed E-state index contributed by atoms with van der Waals surface area (Å²) < 4.78 is 5.37. The number of carbonyl (C=O) groups is 1. The van der Waals surface area contributed by atoms with Crippen LogP contribution in [0.3, 0.4) is 0 Å². The van der Waals surface area contributed by atoms with Gasteiger partial charge in [-0.15, -0.1) is 0 Å². The van der Waals surface area contributed by atoms with Gasteiger partial charge in [-0.2, -0.15) is 0 Å². The average molecular weight is 588 g/mol. The third-order valence-corrected chi connectivity index (χ3v) is 33.4. The second kappa shape index (κ2) is 14.4. The second-order valence-electron chi connectivity index (χ2n) is 9.45. The third kappa shape index (κ3) is 8.80. The van der Waals surface area contributed by atoms with E-state index in [2.05, 4.69) is 74.1 Å². The first kappa shape index (κ1) is 27.4. The molecule has 1 aromatic carbocycles. The predicted octanol–water partition coefficient (Wildman–Crippen LogP) is 8.03. The first-order valence-corrected chi connectivity index (χ1v) is 23.7. The molecule has 0 amide bonds. The quantitative estimate of drug-likeness (QED) is 0.141. The van der Waals surface area contributed by atoms with E-state index in [1.54, 1.807) is 13.3 Å². The number of hydrogen-bond donors (Lipinski definition) is 0. The van der Waals surface area contributed by atoms with Gasteiger partial charge < -0.3 is 0 Å². The minimum absolute atomic E-state index is 0.528. The molecule has 0 spiro atoms. The average Bonchev–Trinajstić information content (AvgIpc) is 2.73. The summed E-state index contributed by atoms with van der Waals surface area (Å²) in [5.74, 6) is 0. The molecule has 4 heteroatoms. The van der Waals surface area contributed by atoms with Crippen molar-refractivity contribution in [2.24, 2.45) is 0 Å². The topological polar surface area (TPSA) is 17.1 Å². The summed E-state index contributed by atoms with van der Waals surface area (Å²) in [6, 6.07) is 10.5. The van der Waals surface area contributed by atoms with E-state index in [0.717, 1.165) is 15.7 Å². The standard InChI is InChI=1S/C13H18BrOSi.3C4H9.Sn/c1-16(2,12-8-4-3-5-9-12)13(15)10-6-7-11-14;3*1-3-4-2;/h3-5,8-9,11H,6-7,10H2,1-2H3;3*1,3-4H2,2H3;. The predicted molar refractivity (Wildman–Crippen MR) is 140 cm³/mol. The van der Waals surface area contributed by atoms with Crippen LogP contribution < -0.4 is 5.19 Å². The zero-order valence-electron chi connectivity index (χ0n) is 19.7. The van der Waals surface area contributed by atoms with Crippen molar-refractivity contribution in [3.8, 4) is 0 Å². The molecule has 0 N–H and O–H groups in total. The maximum absolute atomic E-state index is 13.1. The molecule has 0 bridgehead atoms. The molecule has 166 valence electrons. The summed E-state index contributed by atoms with van der Waals surface area (Å²) in [6.07, 6.45) is 11.3. The first-order chi connectivity index (χ1) is 13.8. The number of rotatable bonds is 16. The van der Waals surface area contributed by atoms with E-state index >= 15 is 0 Å². The zero-order chi connectivity index (χ0) is 21.8. The van der Waals surface area contributed by atoms with Gasteiger partial charge in [0, 0.05) is 0 Å². The van der Waals surface area contributed by atoms with Crippen LogP contribution >= 0.6 is 15.9 Å². The molecule has 0 saturated carbocycles. The normalized spacial score (nSPS) is 13.4. The molecule has 0 radical (unpaired) electrons. The molecular formula is C25H45BrOSiSn. The zero-order valence-corrected chi connectivity index (χ0v) is 25.2. The molecule has 0 heterocycles. The van der Waals surface area contributed by atoms with Crippen LogP contribution in [0.5, 0.6) is 0 Å². The molecule has 0 aliphatic rings. The van der Waals surface area contributed by atoms with Crippen molar-refractivity contribution < 1.29 is 4.79 Å². The Labute approximate surface area is 194 Å². The number of carbonyl (C=O) groups excluding carboxylic acids is 1. The Hall–Kier alpha value is 0.386. The van der Waals surface area contributed by atoms with Gasteiger partial charge in [0.15, 0.2) is 0 Å². The van der Waals surface area contributed by atoms with E-state index in [1.807, 2.05) is 6.07 Å². The summed E-state index contributed by atoms with van der Waals surface area (Å²) in [5.41, 5.74) is 0. The Bertz CT molecular complexity index is 554. The molecule has 1 rings (SSSR count). The summed E-state index contributed by atoms with van der Waals surface area (Å²) in [6.45, 7) is 11.5. The first-order valence-electron chi connectivity index (χ1n) is 12.1. The maximum atomic E-state index is 13.1. The van der Waals surface area contributed by atoms with Gasteiger partial charge >= 0.3 is 196 Å². The monoisotopic (exact) mass is 588 g/mol. The van der Waals surface area contributed by atoms with Crippen LogP contribution in [0.25, 0.3) is 0 Å². The Morgan fingerprint density at radius 3 is 1.83 bits per heavy atom. The Morgan fingerprint density at radius 1 is 0.897 bits per heavy atom. The fourth-order valence-electron chi connectivity index (χ4n) is 4.51. The molecule has 0 fully saturated rings. The van der Waals surface area contributed by atoms with Crippen molar-refractivity contribution in [3.05, 3.63) is 30.3 Å². The Balaban J connectivity index is 2.75. The van der Waals surface area contributed by atoms with Crippen LogP contribution in [0.2, 0.25) is 26.4 Å². The summed E-state index contributed by atoms with van der Waals surface area (Å²) in [7, 11) is -2.00. The van der Waals surface area contributed by atoms with E-state index in [9.17, 15) is 4.79 Å². The number of alkyl halides is 1. The summed E-state index contributed by atoms with van der Waals surface area (Å²) in [5, 5.41) is 1.81. The van der Waals surface area contributed by atoms with E-state index < -0.39 is 26.5 Å². The van der Waals surface area contributed by atoms with Gasteiger partial charge in [0.2, 0.25) is 0 Å². The van der Waals surface area contributed by atoms with E-state index in [4.69, 9.17) is 0 Å². The van der Waals surface area contributed by atoms with Crippen molar-refractivity contribution in [2.75, 3.05) is 0 Å². The van der Waals surface area contributed by atoms with E-state index in [0.29, 0.717) is 5.41 Å². The molecule has 0 saturated heterocycles. The van der Waals surface area contributed by atoms with Gasteiger partial charge in [-0.1, -0.05) is 0 Å². The van der Waals surface area contributed by atoms with Gasteiger partial charge in [-0.25, -0.2) is 0 Å². The van der Waals surface area contributed by atoms with Crippen molar-refractivity contribution in [1.29, 1.82) is 0 Å². The van der Waals surface area contributed by atoms with Crippen LogP contribution in [-0.4, -0.2) is 34.7 Å². The molecule has 0 aliphatic heterocycles. The molecule has 1 nitrogen and oxygen atoms in total. The Kier molecular flexibility index (Phi) is 13.7. The van der Waals surface area contributed by atoms with Crippen LogP contribution in [0.15, 0.2) is 30.3 Å². The van der Waals surface area contributed by atoms with Gasteiger partial charge in [0.1, 0.15) is 0 Å². The number of hydrogen-bond acceptors (Lipinski definition) is 1. The summed E-state index contributed by atoms with van der Waals surface area (Å²) in [4.78, 5) is 13.1. The molecule has 1 unspecified atom stereocenters. The van der Waals surface area contributed by atoms with Crippen molar-refractivity contribution in [2.45, 2.75) is 108 Å². The van der Waals surface area contributed by atoms with Crippen LogP contribution in [0.4, 0.5) is 0 Å². The molecular weight excluding hydrogens is 543 g/mol. The Morgan fingerprint density at radius 2 is 1.38 bits per heavy atom. The second-order valence-corrected chi connectivity index (χ2v) is 31.4. The molecule has 0 aliphatic carbocycles. The van der Waals surface area contributed by atoms with E-state index in [-0.39, 0.29) is 0 Å². The number of benzene rings is 1. The van der Waals surface area contributed by atoms with Crippen LogP contribution in [-0.2, 0) is 4.79 Å². The SMILES string of the molecule is CCC[CH2][Sn]([CH2]CCC)([CH2]CCC)[CH](Br)CCCC(=O)[Si](C)(C)c1ccccc1. The summed E-state index contributed by atoms with van der Waals surface area (Å²) >= 11 is 2.01. The van der Waals surface area contributed by atoms with Crippen molar-refractivity contribution in [3.63, 3.8) is 0 Å². The molecule has 29 heavy (non-hydrogen) atoms.